The van der Waals surface area contributed by atoms with Gasteiger partial charge in [0.25, 0.3) is 5.96 Å². The first-order chi connectivity index (χ1) is 7.59. The molecule has 16 heavy (non-hydrogen) atoms. The smallest absolute Gasteiger partial charge is 0.387 e. The van der Waals surface area contributed by atoms with Gasteiger partial charge in [-0.1, -0.05) is 12.1 Å². The molecule has 0 aliphatic heterocycles. The van der Waals surface area contributed by atoms with Crippen molar-refractivity contribution in [2.24, 2.45) is 16.6 Å². The Kier molecular flexibility index (Phi) is 4.19. The van der Waals surface area contributed by atoms with Crippen LogP contribution in [-0.2, 0) is 0 Å². The highest BCUT2D eigenvalue weighted by Gasteiger charge is 2.08. The van der Waals surface area contributed by atoms with Gasteiger partial charge in [0.2, 0.25) is 6.21 Å². The van der Waals surface area contributed by atoms with Crippen LogP contribution in [-0.4, -0.2) is 18.8 Å². The van der Waals surface area contributed by atoms with E-state index in [1.165, 1.54) is 12.3 Å². The van der Waals surface area contributed by atoms with Crippen molar-refractivity contribution < 1.29 is 18.6 Å². The summed E-state index contributed by atoms with van der Waals surface area (Å²) in [6.07, 6.45) is 1.34. The maximum Gasteiger partial charge on any atom is 0.387 e. The van der Waals surface area contributed by atoms with E-state index in [1.807, 2.05) is 0 Å². The Balaban J connectivity index is 2.86. The van der Waals surface area contributed by atoms with Gasteiger partial charge in [0.1, 0.15) is 5.75 Å². The molecule has 7 heteroatoms. The molecular formula is C9H11F2N4O+. The molecule has 0 heterocycles. The second-order valence-electron chi connectivity index (χ2n) is 2.73. The predicted molar refractivity (Wildman–Crippen MR) is 55.0 cm³/mol. The number of hydrogen-bond acceptors (Lipinski definition) is 2. The van der Waals surface area contributed by atoms with E-state index in [-0.39, 0.29) is 11.7 Å². The molecule has 0 amide bonds. The normalized spacial score (nSPS) is 10.7. The van der Waals surface area contributed by atoms with E-state index in [0.717, 1.165) is 0 Å². The summed E-state index contributed by atoms with van der Waals surface area (Å²) < 4.78 is 28.3. The lowest BCUT2D eigenvalue weighted by atomic mass is 10.2. The van der Waals surface area contributed by atoms with Crippen LogP contribution in [0.4, 0.5) is 8.78 Å². The minimum atomic E-state index is -2.88. The molecule has 5 N–H and O–H groups in total. The third kappa shape index (κ3) is 3.91. The van der Waals surface area contributed by atoms with Crippen LogP contribution < -0.4 is 21.3 Å². The standard InChI is InChI=1S/C9H10F2N4O/c10-8(11)16-7-4-2-1-3-6(7)5-14-15-9(12)13/h1-5,8H,(H4,12,13,15)/p+1/b14-5-. The molecule has 0 unspecified atom stereocenters. The summed E-state index contributed by atoms with van der Waals surface area (Å²) in [5.74, 6) is -0.126. The predicted octanol–water partition coefficient (Wildman–Crippen LogP) is -1.02. The Morgan fingerprint density at radius 2 is 2.06 bits per heavy atom. The molecule has 0 bridgehead atoms. The van der Waals surface area contributed by atoms with Crippen molar-refractivity contribution >= 4 is 12.2 Å². The molecule has 0 aliphatic carbocycles. The molecule has 1 aromatic carbocycles. The number of para-hydroxylation sites is 1. The fourth-order valence-corrected chi connectivity index (χ4v) is 0.979. The molecule has 0 aromatic heterocycles. The summed E-state index contributed by atoms with van der Waals surface area (Å²) >= 11 is 0. The van der Waals surface area contributed by atoms with Crippen molar-refractivity contribution in [1.82, 2.24) is 0 Å². The monoisotopic (exact) mass is 229 g/mol. The number of nitrogens with two attached hydrogens (primary N) is 2. The first kappa shape index (κ1) is 11.9. The van der Waals surface area contributed by atoms with Crippen LogP contribution in [0.15, 0.2) is 29.4 Å². The number of rotatable bonds is 4. The molecule has 0 atom stereocenters. The van der Waals surface area contributed by atoms with Gasteiger partial charge >= 0.3 is 6.61 Å². The third-order valence-electron chi connectivity index (χ3n) is 1.55. The van der Waals surface area contributed by atoms with E-state index in [1.54, 1.807) is 18.2 Å². The summed E-state index contributed by atoms with van der Waals surface area (Å²) in [7, 11) is 0. The van der Waals surface area contributed by atoms with Gasteiger partial charge in [-0.2, -0.15) is 8.78 Å². The molecule has 0 spiro atoms. The van der Waals surface area contributed by atoms with E-state index in [0.29, 0.717) is 5.56 Å². The lowest BCUT2D eigenvalue weighted by Gasteiger charge is -2.04. The lowest BCUT2D eigenvalue weighted by Crippen LogP contribution is -2.63. The van der Waals surface area contributed by atoms with E-state index >= 15 is 0 Å². The van der Waals surface area contributed by atoms with Crippen LogP contribution >= 0.6 is 0 Å². The van der Waals surface area contributed by atoms with Gasteiger partial charge in [-0.3, -0.25) is 0 Å². The molecule has 0 saturated carbocycles. The van der Waals surface area contributed by atoms with Gasteiger partial charge in [0, 0.05) is 5.10 Å². The molecule has 1 aromatic rings. The van der Waals surface area contributed by atoms with Gasteiger partial charge in [-0.25, -0.2) is 0 Å². The Hall–Kier alpha value is -2.18. The minimum Gasteiger partial charge on any atom is -0.434 e. The van der Waals surface area contributed by atoms with E-state index in [9.17, 15) is 8.78 Å². The molecule has 0 saturated heterocycles. The van der Waals surface area contributed by atoms with Crippen molar-refractivity contribution in [2.45, 2.75) is 6.61 Å². The van der Waals surface area contributed by atoms with Crippen molar-refractivity contribution in [1.29, 1.82) is 0 Å². The van der Waals surface area contributed by atoms with Crippen molar-refractivity contribution in [3.63, 3.8) is 0 Å². The molecule has 5 nitrogen and oxygen atoms in total. The molecule has 1 rings (SSSR count). The number of halogens is 2. The molecule has 0 aliphatic rings. The first-order valence-electron chi connectivity index (χ1n) is 4.31. The summed E-state index contributed by atoms with van der Waals surface area (Å²) in [5.41, 5.74) is 10.5. The number of ether oxygens (including phenoxy) is 1. The quantitative estimate of drug-likeness (QED) is 0.350. The highest BCUT2D eigenvalue weighted by atomic mass is 19.3. The highest BCUT2D eigenvalue weighted by molar-refractivity contribution is 5.80. The van der Waals surface area contributed by atoms with Gasteiger partial charge in [0.15, 0.2) is 0 Å². The zero-order chi connectivity index (χ0) is 12.0. The Morgan fingerprint density at radius 1 is 1.38 bits per heavy atom. The van der Waals surface area contributed by atoms with Crippen LogP contribution in [0, 0.1) is 0 Å². The molecule has 0 radical (unpaired) electrons. The number of hydrazone groups is 1. The molecule has 86 valence electrons. The van der Waals surface area contributed by atoms with E-state index in [2.05, 4.69) is 14.9 Å². The highest BCUT2D eigenvalue weighted by Crippen LogP contribution is 2.17. The van der Waals surface area contributed by atoms with Crippen LogP contribution in [0.5, 0.6) is 5.75 Å². The maximum absolute atomic E-state index is 12.0. The number of alkyl halides is 2. The maximum atomic E-state index is 12.0. The van der Waals surface area contributed by atoms with Crippen molar-refractivity contribution in [2.75, 3.05) is 0 Å². The second kappa shape index (κ2) is 5.64. The second-order valence-corrected chi connectivity index (χ2v) is 2.73. The number of benzene rings is 1. The molecule has 0 fully saturated rings. The van der Waals surface area contributed by atoms with Crippen molar-refractivity contribution in [3.05, 3.63) is 29.8 Å². The van der Waals surface area contributed by atoms with Crippen LogP contribution in [0.25, 0.3) is 0 Å². The fraction of sp³-hybridized carbons (Fsp3) is 0.111. The topological polar surface area (TPSA) is 87.6 Å². The van der Waals surface area contributed by atoms with Gasteiger partial charge < -0.3 is 16.2 Å². The SMILES string of the molecule is NC(N)=N/[NH+]=C\c1ccccc1OC(F)F. The Morgan fingerprint density at radius 3 is 2.69 bits per heavy atom. The van der Waals surface area contributed by atoms with Gasteiger partial charge in [-0.05, 0) is 12.1 Å². The van der Waals surface area contributed by atoms with Gasteiger partial charge in [0.05, 0.1) is 5.56 Å². The minimum absolute atomic E-state index is 0.0378. The average Bonchev–Trinajstić information content (AvgIpc) is 2.19. The number of nitrogens with one attached hydrogen (secondary N) is 1. The zero-order valence-corrected chi connectivity index (χ0v) is 8.23. The average molecular weight is 229 g/mol. The summed E-state index contributed by atoms with van der Waals surface area (Å²) in [6.45, 7) is -2.88. The number of nitrogens with zero attached hydrogens (tertiary/aromatic N) is 1. The van der Waals surface area contributed by atoms with Gasteiger partial charge in [-0.15, -0.1) is 5.10 Å². The number of guanidine groups is 1. The zero-order valence-electron chi connectivity index (χ0n) is 8.23. The lowest BCUT2D eigenvalue weighted by molar-refractivity contribution is -0.456. The Bertz CT molecular complexity index is 402. The summed E-state index contributed by atoms with van der Waals surface area (Å²) in [5, 5.41) is 5.87. The number of hydrogen-bond donors (Lipinski definition) is 3. The third-order valence-corrected chi connectivity index (χ3v) is 1.55. The van der Waals surface area contributed by atoms with E-state index in [4.69, 9.17) is 11.5 Å². The van der Waals surface area contributed by atoms with E-state index < -0.39 is 6.61 Å². The summed E-state index contributed by atoms with van der Waals surface area (Å²) in [6, 6.07) is 6.24. The fourth-order valence-electron chi connectivity index (χ4n) is 0.979. The van der Waals surface area contributed by atoms with Crippen LogP contribution in [0.2, 0.25) is 0 Å². The van der Waals surface area contributed by atoms with Crippen molar-refractivity contribution in [3.8, 4) is 5.75 Å². The van der Waals surface area contributed by atoms with Crippen LogP contribution in [0.1, 0.15) is 5.56 Å². The largest absolute Gasteiger partial charge is 0.434 e. The van der Waals surface area contributed by atoms with Crippen LogP contribution in [0.3, 0.4) is 0 Å². The summed E-state index contributed by atoms with van der Waals surface area (Å²) in [4.78, 5) is 0. The first-order valence-corrected chi connectivity index (χ1v) is 4.31. The molecular weight excluding hydrogens is 218 g/mol. The Labute approximate surface area is 90.4 Å².